The summed E-state index contributed by atoms with van der Waals surface area (Å²) in [6.45, 7) is 0.625. The SMILES string of the molecule is COc1ccc(C=CCCNC(=O)OCc2ccccc2)cc1[N+](=O)[O-]. The average Bonchev–Trinajstić information content (AvgIpc) is 2.66. The third-order valence-corrected chi connectivity index (χ3v) is 3.50. The molecule has 2 aromatic carbocycles. The van der Waals surface area contributed by atoms with E-state index >= 15 is 0 Å². The van der Waals surface area contributed by atoms with Crippen molar-refractivity contribution in [3.8, 4) is 5.75 Å². The standard InChI is InChI=1S/C19H20N2O5/c1-25-18-11-10-15(13-17(18)21(23)24)7-5-6-12-20-19(22)26-14-16-8-3-2-4-9-16/h2-5,7-11,13H,6,12,14H2,1H3,(H,20,22). The van der Waals surface area contributed by atoms with Gasteiger partial charge in [-0.25, -0.2) is 4.79 Å². The Labute approximate surface area is 151 Å². The molecule has 136 valence electrons. The van der Waals surface area contributed by atoms with Crippen LogP contribution in [-0.4, -0.2) is 24.7 Å². The van der Waals surface area contributed by atoms with Crippen molar-refractivity contribution in [3.63, 3.8) is 0 Å². The van der Waals surface area contributed by atoms with Crippen LogP contribution in [-0.2, 0) is 11.3 Å². The summed E-state index contributed by atoms with van der Waals surface area (Å²) >= 11 is 0. The van der Waals surface area contributed by atoms with Crippen molar-refractivity contribution in [2.45, 2.75) is 13.0 Å². The molecule has 0 saturated heterocycles. The van der Waals surface area contributed by atoms with Gasteiger partial charge >= 0.3 is 11.8 Å². The maximum absolute atomic E-state index is 11.6. The minimum Gasteiger partial charge on any atom is -0.490 e. The van der Waals surface area contributed by atoms with Gasteiger partial charge in [0.05, 0.1) is 12.0 Å². The second kappa shape index (κ2) is 9.83. The van der Waals surface area contributed by atoms with Gasteiger partial charge in [0, 0.05) is 12.6 Å². The molecule has 0 aliphatic carbocycles. The number of hydrogen-bond acceptors (Lipinski definition) is 5. The van der Waals surface area contributed by atoms with E-state index in [1.807, 2.05) is 36.4 Å². The number of alkyl carbamates (subject to hydrolysis) is 1. The van der Waals surface area contributed by atoms with Gasteiger partial charge in [-0.05, 0) is 23.6 Å². The summed E-state index contributed by atoms with van der Waals surface area (Å²) in [6.07, 6.45) is 3.66. The number of carbonyl (C=O) groups is 1. The zero-order chi connectivity index (χ0) is 18.8. The molecule has 0 aromatic heterocycles. The first kappa shape index (κ1) is 19.0. The van der Waals surface area contributed by atoms with Gasteiger partial charge in [0.25, 0.3) is 0 Å². The minimum atomic E-state index is -0.486. The van der Waals surface area contributed by atoms with Gasteiger partial charge in [0.2, 0.25) is 0 Å². The van der Waals surface area contributed by atoms with E-state index in [1.54, 1.807) is 18.2 Å². The number of rotatable bonds is 8. The fourth-order valence-electron chi connectivity index (χ4n) is 2.20. The molecular formula is C19H20N2O5. The van der Waals surface area contributed by atoms with Crippen LogP contribution in [0.5, 0.6) is 5.75 Å². The Hall–Kier alpha value is -3.35. The summed E-state index contributed by atoms with van der Waals surface area (Å²) in [5.74, 6) is 0.218. The number of methoxy groups -OCH3 is 1. The summed E-state index contributed by atoms with van der Waals surface area (Å²) in [6, 6.07) is 14.1. The van der Waals surface area contributed by atoms with Crippen molar-refractivity contribution >= 4 is 17.9 Å². The molecule has 0 aliphatic heterocycles. The summed E-state index contributed by atoms with van der Waals surface area (Å²) in [7, 11) is 1.39. The molecule has 0 saturated carbocycles. The molecule has 0 radical (unpaired) electrons. The van der Waals surface area contributed by atoms with Crippen molar-refractivity contribution in [1.29, 1.82) is 0 Å². The van der Waals surface area contributed by atoms with Gasteiger partial charge in [0.1, 0.15) is 6.61 Å². The Kier molecular flexibility index (Phi) is 7.17. The summed E-state index contributed by atoms with van der Waals surface area (Å²) < 4.78 is 10.1. The van der Waals surface area contributed by atoms with Gasteiger partial charge in [-0.1, -0.05) is 48.6 Å². The number of nitrogens with zero attached hydrogens (tertiary/aromatic N) is 1. The van der Waals surface area contributed by atoms with Crippen LogP contribution in [0.15, 0.2) is 54.6 Å². The predicted molar refractivity (Wildman–Crippen MR) is 97.9 cm³/mol. The second-order valence-electron chi connectivity index (χ2n) is 5.37. The van der Waals surface area contributed by atoms with E-state index < -0.39 is 11.0 Å². The lowest BCUT2D eigenvalue weighted by molar-refractivity contribution is -0.385. The average molecular weight is 356 g/mol. The number of benzene rings is 2. The van der Waals surface area contributed by atoms with Crippen LogP contribution < -0.4 is 10.1 Å². The summed E-state index contributed by atoms with van der Waals surface area (Å²) in [5, 5.41) is 13.6. The lowest BCUT2D eigenvalue weighted by atomic mass is 10.1. The molecule has 7 heteroatoms. The van der Waals surface area contributed by atoms with Crippen molar-refractivity contribution < 1.29 is 19.2 Å². The van der Waals surface area contributed by atoms with Crippen molar-refractivity contribution in [3.05, 3.63) is 75.8 Å². The normalized spacial score (nSPS) is 10.5. The van der Waals surface area contributed by atoms with E-state index in [1.165, 1.54) is 13.2 Å². The van der Waals surface area contributed by atoms with Crippen molar-refractivity contribution in [2.75, 3.05) is 13.7 Å². The van der Waals surface area contributed by atoms with Gasteiger partial charge < -0.3 is 14.8 Å². The number of nitro groups is 1. The molecule has 0 heterocycles. The highest BCUT2D eigenvalue weighted by Crippen LogP contribution is 2.27. The van der Waals surface area contributed by atoms with Crippen molar-refractivity contribution in [1.82, 2.24) is 5.32 Å². The second-order valence-corrected chi connectivity index (χ2v) is 5.37. The first-order valence-electron chi connectivity index (χ1n) is 8.03. The molecule has 1 amide bonds. The third kappa shape index (κ3) is 5.94. The zero-order valence-corrected chi connectivity index (χ0v) is 14.4. The van der Waals surface area contributed by atoms with E-state index in [0.717, 1.165) is 5.56 Å². The number of hydrogen-bond donors (Lipinski definition) is 1. The number of nitro benzene ring substituents is 1. The van der Waals surface area contributed by atoms with Crippen molar-refractivity contribution in [2.24, 2.45) is 0 Å². The summed E-state index contributed by atoms with van der Waals surface area (Å²) in [5.41, 5.74) is 1.52. The molecule has 7 nitrogen and oxygen atoms in total. The van der Waals surface area contributed by atoms with Crippen LogP contribution in [0.1, 0.15) is 17.5 Å². The molecule has 0 atom stereocenters. The van der Waals surface area contributed by atoms with Crippen LogP contribution in [0, 0.1) is 10.1 Å². The first-order chi connectivity index (χ1) is 12.6. The maximum atomic E-state index is 11.6. The van der Waals surface area contributed by atoms with E-state index in [0.29, 0.717) is 18.5 Å². The van der Waals surface area contributed by atoms with Gasteiger partial charge in [-0.2, -0.15) is 0 Å². The lowest BCUT2D eigenvalue weighted by Crippen LogP contribution is -2.24. The van der Waals surface area contributed by atoms with Crippen LogP contribution >= 0.6 is 0 Å². The zero-order valence-electron chi connectivity index (χ0n) is 14.4. The molecule has 1 N–H and O–H groups in total. The van der Waals surface area contributed by atoms with Gasteiger partial charge in [-0.15, -0.1) is 0 Å². The number of ether oxygens (including phenoxy) is 2. The monoisotopic (exact) mass is 356 g/mol. The molecule has 2 rings (SSSR count). The smallest absolute Gasteiger partial charge is 0.407 e. The quantitative estimate of drug-likeness (QED) is 0.439. The molecule has 0 unspecified atom stereocenters. The molecule has 0 aliphatic rings. The Balaban J connectivity index is 1.74. The minimum absolute atomic E-state index is 0.0859. The molecule has 26 heavy (non-hydrogen) atoms. The fraction of sp³-hybridized carbons (Fsp3) is 0.211. The van der Waals surface area contributed by atoms with Crippen LogP contribution in [0.3, 0.4) is 0 Å². The van der Waals surface area contributed by atoms with E-state index in [-0.39, 0.29) is 18.0 Å². The topological polar surface area (TPSA) is 90.7 Å². The van der Waals surface area contributed by atoms with Gasteiger partial charge in [0.15, 0.2) is 5.75 Å². The van der Waals surface area contributed by atoms with Gasteiger partial charge in [-0.3, -0.25) is 10.1 Å². The first-order valence-corrected chi connectivity index (χ1v) is 8.03. The number of amides is 1. The fourth-order valence-corrected chi connectivity index (χ4v) is 2.20. The third-order valence-electron chi connectivity index (χ3n) is 3.50. The van der Waals surface area contributed by atoms with Crippen LogP contribution in [0.2, 0.25) is 0 Å². The predicted octanol–water partition coefficient (Wildman–Crippen LogP) is 3.93. The molecule has 0 bridgehead atoms. The summed E-state index contributed by atoms with van der Waals surface area (Å²) in [4.78, 5) is 22.1. The maximum Gasteiger partial charge on any atom is 0.407 e. The van der Waals surface area contributed by atoms with Crippen LogP contribution in [0.4, 0.5) is 10.5 Å². The molecule has 2 aromatic rings. The molecular weight excluding hydrogens is 336 g/mol. The highest BCUT2D eigenvalue weighted by atomic mass is 16.6. The Morgan fingerprint density at radius 1 is 1.23 bits per heavy atom. The van der Waals surface area contributed by atoms with Crippen LogP contribution in [0.25, 0.3) is 6.08 Å². The highest BCUT2D eigenvalue weighted by molar-refractivity contribution is 5.67. The molecule has 0 spiro atoms. The Bertz CT molecular complexity index is 775. The largest absolute Gasteiger partial charge is 0.490 e. The number of carbonyl (C=O) groups excluding carboxylic acids is 1. The van der Waals surface area contributed by atoms with E-state index in [4.69, 9.17) is 9.47 Å². The number of nitrogens with one attached hydrogen (secondary N) is 1. The van der Waals surface area contributed by atoms with E-state index in [9.17, 15) is 14.9 Å². The Morgan fingerprint density at radius 3 is 2.69 bits per heavy atom. The lowest BCUT2D eigenvalue weighted by Gasteiger charge is -2.06. The highest BCUT2D eigenvalue weighted by Gasteiger charge is 2.14. The molecule has 0 fully saturated rings. The van der Waals surface area contributed by atoms with E-state index in [2.05, 4.69) is 5.32 Å². The Morgan fingerprint density at radius 2 is 2.00 bits per heavy atom.